The van der Waals surface area contributed by atoms with Crippen LogP contribution in [0.25, 0.3) is 10.4 Å². The van der Waals surface area contributed by atoms with Crippen molar-refractivity contribution < 1.29 is 76.3 Å². The summed E-state index contributed by atoms with van der Waals surface area (Å²) < 4.78 is 65.4. The summed E-state index contributed by atoms with van der Waals surface area (Å²) in [6.07, 6.45) is 0.0607. The molecule has 1 aromatic carbocycles. The maximum Gasteiger partial charge on any atom is 0.246 e. The molecule has 0 aliphatic carbocycles. The summed E-state index contributed by atoms with van der Waals surface area (Å²) in [4.78, 5) is 40.6. The molecule has 2 atom stereocenters. The smallest absolute Gasteiger partial charge is 0.246 e. The van der Waals surface area contributed by atoms with E-state index >= 15 is 0 Å². The molecule has 1 rings (SSSR count). The minimum absolute atomic E-state index is 0.0607. The number of azide groups is 1. The fraction of sp³-hybridized carbons (Fsp3) is 0.786. The van der Waals surface area contributed by atoms with Crippen LogP contribution in [-0.2, 0) is 77.8 Å². The number of anilines is 1. The molecule has 0 aliphatic heterocycles. The second-order valence-corrected chi connectivity index (χ2v) is 13.9. The molecule has 0 fully saturated rings. The number of aliphatic hydroxyl groups is 1. The van der Waals surface area contributed by atoms with E-state index in [4.69, 9.17) is 62.4 Å². The number of carbonyl (C=O) groups is 3. The van der Waals surface area contributed by atoms with Gasteiger partial charge in [-0.1, -0.05) is 31.1 Å². The zero-order chi connectivity index (χ0) is 46.6. The third-order valence-corrected chi connectivity index (χ3v) is 8.39. The van der Waals surface area contributed by atoms with Crippen LogP contribution in [0.15, 0.2) is 29.4 Å². The van der Waals surface area contributed by atoms with Gasteiger partial charge in [-0.2, -0.15) is 0 Å². The summed E-state index contributed by atoms with van der Waals surface area (Å²) in [5.41, 5.74) is 9.41. The number of amides is 3. The van der Waals surface area contributed by atoms with Crippen LogP contribution in [0.1, 0.15) is 32.8 Å². The van der Waals surface area contributed by atoms with Gasteiger partial charge in [-0.3, -0.25) is 14.4 Å². The van der Waals surface area contributed by atoms with Crippen LogP contribution in [0, 0.1) is 5.92 Å². The molecule has 22 heteroatoms. The molecule has 0 heterocycles. The Kier molecular flexibility index (Phi) is 39.6. The summed E-state index contributed by atoms with van der Waals surface area (Å²) in [5, 5.41) is 20.6. The Morgan fingerprint density at radius 2 is 0.875 bits per heavy atom. The Labute approximate surface area is 377 Å². The van der Waals surface area contributed by atoms with Gasteiger partial charge in [-0.15, -0.1) is 0 Å². The SMILES string of the molecule is CC(C)[C@H](NC(=O)CCOCCOCCOCCOCCOCCOCCOCCOCCOCCOCCOCCOCCN=[N+]=[N-])C(=O)N[C@@H](C)C(=O)Nc1ccc(CO)cc1. The molecule has 3 amide bonds. The third kappa shape index (κ3) is 35.7. The predicted molar refractivity (Wildman–Crippen MR) is 234 cm³/mol. The predicted octanol–water partition coefficient (Wildman–Crippen LogP) is 1.66. The summed E-state index contributed by atoms with van der Waals surface area (Å²) in [6, 6.07) is 5.04. The van der Waals surface area contributed by atoms with Crippen molar-refractivity contribution in [3.05, 3.63) is 40.3 Å². The standard InChI is InChI=1S/C42H74N6O16/c1-35(2)40(42(52)45-36(3)41(51)46-38-6-4-37(34-49)5-7-38)47-39(50)8-10-53-12-14-55-16-18-57-20-22-59-24-26-61-28-30-63-32-33-64-31-29-62-27-25-60-23-21-58-19-17-56-15-13-54-11-9-44-48-43/h4-7,35-36,40,49H,8-34H2,1-3H3,(H,45,52)(H,46,51)(H,47,50)/t36-,40-/m0/s1. The van der Waals surface area contributed by atoms with Crippen LogP contribution < -0.4 is 16.0 Å². The van der Waals surface area contributed by atoms with Crippen molar-refractivity contribution in [2.75, 3.05) is 170 Å². The number of hydrogen-bond acceptors (Lipinski definition) is 17. The summed E-state index contributed by atoms with van der Waals surface area (Å²) in [7, 11) is 0. The number of rotatable bonds is 46. The van der Waals surface area contributed by atoms with Gasteiger partial charge in [-0.25, -0.2) is 0 Å². The van der Waals surface area contributed by atoms with Gasteiger partial charge in [0.2, 0.25) is 17.7 Å². The summed E-state index contributed by atoms with van der Waals surface area (Å²) >= 11 is 0. The van der Waals surface area contributed by atoms with Crippen molar-refractivity contribution in [1.29, 1.82) is 0 Å². The lowest BCUT2D eigenvalue weighted by atomic mass is 10.0. The zero-order valence-electron chi connectivity index (χ0n) is 38.0. The molecule has 0 bridgehead atoms. The van der Waals surface area contributed by atoms with Crippen molar-refractivity contribution >= 4 is 23.4 Å². The van der Waals surface area contributed by atoms with Gasteiger partial charge in [-0.05, 0) is 36.1 Å². The Balaban J connectivity index is 1.81. The molecule has 1 aromatic rings. The van der Waals surface area contributed by atoms with Gasteiger partial charge in [0, 0.05) is 23.6 Å². The molecule has 22 nitrogen and oxygen atoms in total. The number of aliphatic hydroxyl groups excluding tert-OH is 1. The fourth-order valence-electron chi connectivity index (χ4n) is 4.93. The highest BCUT2D eigenvalue weighted by atomic mass is 16.6. The lowest BCUT2D eigenvalue weighted by molar-refractivity contribution is -0.132. The van der Waals surface area contributed by atoms with Gasteiger partial charge in [0.05, 0.1) is 165 Å². The second-order valence-electron chi connectivity index (χ2n) is 13.9. The highest BCUT2D eigenvalue weighted by molar-refractivity contribution is 5.98. The van der Waals surface area contributed by atoms with Crippen LogP contribution >= 0.6 is 0 Å². The number of ether oxygens (including phenoxy) is 12. The first-order valence-electron chi connectivity index (χ1n) is 21.8. The first-order valence-corrected chi connectivity index (χ1v) is 21.8. The van der Waals surface area contributed by atoms with E-state index in [2.05, 4.69) is 26.0 Å². The first kappa shape index (κ1) is 58.4. The van der Waals surface area contributed by atoms with Crippen LogP contribution in [0.2, 0.25) is 0 Å². The minimum atomic E-state index is -0.844. The normalized spacial score (nSPS) is 12.2. The van der Waals surface area contributed by atoms with E-state index in [1.807, 2.05) is 0 Å². The lowest BCUT2D eigenvalue weighted by Gasteiger charge is -2.24. The Morgan fingerprint density at radius 3 is 1.20 bits per heavy atom. The number of hydrogen-bond donors (Lipinski definition) is 4. The maximum atomic E-state index is 12.9. The van der Waals surface area contributed by atoms with E-state index in [0.29, 0.717) is 170 Å². The van der Waals surface area contributed by atoms with Crippen LogP contribution in [0.3, 0.4) is 0 Å². The number of nitrogens with one attached hydrogen (secondary N) is 3. The van der Waals surface area contributed by atoms with Crippen molar-refractivity contribution in [3.63, 3.8) is 0 Å². The highest BCUT2D eigenvalue weighted by Gasteiger charge is 2.27. The van der Waals surface area contributed by atoms with Crippen molar-refractivity contribution in [2.24, 2.45) is 11.0 Å². The second kappa shape index (κ2) is 43.3. The molecule has 4 N–H and O–H groups in total. The van der Waals surface area contributed by atoms with Gasteiger partial charge in [0.25, 0.3) is 0 Å². The average Bonchev–Trinajstić information content (AvgIpc) is 3.29. The van der Waals surface area contributed by atoms with E-state index in [9.17, 15) is 19.5 Å². The van der Waals surface area contributed by atoms with E-state index in [-0.39, 0.29) is 31.5 Å². The maximum absolute atomic E-state index is 12.9. The minimum Gasteiger partial charge on any atom is -0.392 e. The number of nitrogens with zero attached hydrogens (tertiary/aromatic N) is 3. The quantitative estimate of drug-likeness (QED) is 0.0314. The first-order chi connectivity index (χ1) is 31.3. The van der Waals surface area contributed by atoms with Gasteiger partial charge in [0.15, 0.2) is 0 Å². The molecule has 0 aliphatic rings. The molecule has 0 saturated heterocycles. The summed E-state index contributed by atoms with van der Waals surface area (Å²) in [6.45, 7) is 15.6. The summed E-state index contributed by atoms with van der Waals surface area (Å²) in [5.74, 6) is -1.43. The molecule has 368 valence electrons. The fourth-order valence-corrected chi connectivity index (χ4v) is 4.93. The van der Waals surface area contributed by atoms with E-state index in [1.165, 1.54) is 0 Å². The van der Waals surface area contributed by atoms with Crippen LogP contribution in [-0.4, -0.2) is 200 Å². The molecule has 64 heavy (non-hydrogen) atoms. The van der Waals surface area contributed by atoms with Crippen LogP contribution in [0.4, 0.5) is 5.69 Å². The number of benzene rings is 1. The largest absolute Gasteiger partial charge is 0.392 e. The molecule has 0 unspecified atom stereocenters. The zero-order valence-corrected chi connectivity index (χ0v) is 38.0. The van der Waals surface area contributed by atoms with Crippen molar-refractivity contribution in [3.8, 4) is 0 Å². The van der Waals surface area contributed by atoms with Crippen molar-refractivity contribution in [2.45, 2.75) is 45.9 Å². The highest BCUT2D eigenvalue weighted by Crippen LogP contribution is 2.10. The van der Waals surface area contributed by atoms with E-state index in [0.717, 1.165) is 0 Å². The topological polar surface area (TPSA) is 267 Å². The van der Waals surface area contributed by atoms with Crippen molar-refractivity contribution in [1.82, 2.24) is 10.6 Å². The lowest BCUT2D eigenvalue weighted by Crippen LogP contribution is -2.53. The van der Waals surface area contributed by atoms with Gasteiger partial charge >= 0.3 is 0 Å². The van der Waals surface area contributed by atoms with E-state index < -0.39 is 23.9 Å². The Bertz CT molecular complexity index is 1330. The Morgan fingerprint density at radius 1 is 0.531 bits per heavy atom. The molecule has 0 radical (unpaired) electrons. The Hall–Kier alpha value is -3.58. The third-order valence-electron chi connectivity index (χ3n) is 8.39. The molecular formula is C42H74N6O16. The average molecular weight is 919 g/mol. The van der Waals surface area contributed by atoms with Gasteiger partial charge < -0.3 is 77.9 Å². The molecule has 0 saturated carbocycles. The molecular weight excluding hydrogens is 844 g/mol. The van der Waals surface area contributed by atoms with Crippen LogP contribution in [0.5, 0.6) is 0 Å². The molecule has 0 spiro atoms. The monoisotopic (exact) mass is 919 g/mol. The number of carbonyl (C=O) groups excluding carboxylic acids is 3. The van der Waals surface area contributed by atoms with Gasteiger partial charge in [0.1, 0.15) is 12.1 Å². The van der Waals surface area contributed by atoms with E-state index in [1.54, 1.807) is 45.0 Å². The molecule has 0 aromatic heterocycles.